The van der Waals surface area contributed by atoms with Crippen LogP contribution < -0.4 is 0 Å². The summed E-state index contributed by atoms with van der Waals surface area (Å²) in [5.74, 6) is 11.1. The van der Waals surface area contributed by atoms with Gasteiger partial charge in [-0.1, -0.05) is 6.92 Å². The van der Waals surface area contributed by atoms with Gasteiger partial charge in [-0.3, -0.25) is 0 Å². The van der Waals surface area contributed by atoms with Crippen molar-refractivity contribution in [3.8, 4) is 0 Å². The summed E-state index contributed by atoms with van der Waals surface area (Å²) in [6.07, 6.45) is 10.1. The lowest BCUT2D eigenvalue weighted by atomic mass is 9.47. The molecule has 12 unspecified atom stereocenters. The van der Waals surface area contributed by atoms with Gasteiger partial charge in [0.05, 0.1) is 0 Å². The van der Waals surface area contributed by atoms with Gasteiger partial charge in [-0.2, -0.15) is 0 Å². The van der Waals surface area contributed by atoms with Crippen molar-refractivity contribution < 1.29 is 0 Å². The molecule has 8 bridgehead atoms. The highest BCUT2D eigenvalue weighted by molar-refractivity contribution is 5.41. The molecule has 19 heavy (non-hydrogen) atoms. The molecule has 0 aromatic rings. The smallest absolute Gasteiger partial charge is 0.0201 e. The van der Waals surface area contributed by atoms with E-state index in [1.54, 1.807) is 38.5 Å². The highest BCUT2D eigenvalue weighted by atomic mass is 15.0. The lowest BCUT2D eigenvalue weighted by Crippen LogP contribution is -2.53. The molecule has 0 heterocycles. The fourth-order valence-electron chi connectivity index (χ4n) is 11.9. The molecule has 100 valence electrons. The highest BCUT2D eigenvalue weighted by Crippen LogP contribution is 2.98. The van der Waals surface area contributed by atoms with Gasteiger partial charge < -0.3 is 0 Å². The predicted molar refractivity (Wildman–Crippen MR) is 72.1 cm³/mol. The minimum atomic E-state index is 0.837. The fraction of sp³-hybridized carbons (Fsp3) is 1.00. The van der Waals surface area contributed by atoms with Crippen LogP contribution in [0.5, 0.6) is 0 Å². The van der Waals surface area contributed by atoms with E-state index in [2.05, 4.69) is 6.92 Å². The van der Waals surface area contributed by atoms with Crippen molar-refractivity contribution in [3.05, 3.63) is 0 Å². The number of fused-ring (bicyclic) bond motifs is 6. The lowest BCUT2D eigenvalue weighted by molar-refractivity contribution is -0.0981. The van der Waals surface area contributed by atoms with Crippen LogP contribution in [0.25, 0.3) is 0 Å². The van der Waals surface area contributed by atoms with Crippen molar-refractivity contribution in [2.45, 2.75) is 45.4 Å². The average Bonchev–Trinajstić information content (AvgIpc) is 3.05. The molecule has 0 N–H and O–H groups in total. The van der Waals surface area contributed by atoms with Gasteiger partial charge in [0.15, 0.2) is 0 Å². The Morgan fingerprint density at radius 1 is 0.947 bits per heavy atom. The highest BCUT2D eigenvalue weighted by Gasteiger charge is 2.93. The van der Waals surface area contributed by atoms with E-state index in [-0.39, 0.29) is 0 Å². The third kappa shape index (κ3) is 0.500. The summed E-state index contributed by atoms with van der Waals surface area (Å²) in [5, 5.41) is 0. The van der Waals surface area contributed by atoms with Crippen molar-refractivity contribution >= 4 is 0 Å². The van der Waals surface area contributed by atoms with Crippen LogP contribution in [0.3, 0.4) is 0 Å². The Labute approximate surface area is 115 Å². The molecule has 0 saturated heterocycles. The molecular formula is C19H24. The largest absolute Gasteiger partial charge is 0.0585 e. The van der Waals surface area contributed by atoms with E-state index in [0.29, 0.717) is 0 Å². The molecule has 8 saturated carbocycles. The van der Waals surface area contributed by atoms with Crippen LogP contribution in [0.4, 0.5) is 0 Å². The summed E-state index contributed by atoms with van der Waals surface area (Å²) in [7, 11) is 0. The van der Waals surface area contributed by atoms with E-state index >= 15 is 0 Å². The first-order valence-corrected chi connectivity index (χ1v) is 9.22. The quantitative estimate of drug-likeness (QED) is 0.612. The van der Waals surface area contributed by atoms with Gasteiger partial charge in [-0.25, -0.2) is 0 Å². The van der Waals surface area contributed by atoms with Crippen molar-refractivity contribution in [3.63, 3.8) is 0 Å². The van der Waals surface area contributed by atoms with Crippen molar-refractivity contribution in [2.75, 3.05) is 0 Å². The van der Waals surface area contributed by atoms with Gasteiger partial charge in [-0.05, 0) is 108 Å². The Morgan fingerprint density at radius 2 is 1.89 bits per heavy atom. The predicted octanol–water partition coefficient (Wildman–Crippen LogP) is 3.96. The summed E-state index contributed by atoms with van der Waals surface area (Å²) in [6.45, 7) is 2.83. The Morgan fingerprint density at radius 3 is 2.84 bits per heavy atom. The summed E-state index contributed by atoms with van der Waals surface area (Å²) in [4.78, 5) is 0. The van der Waals surface area contributed by atoms with Crippen LogP contribution in [0.1, 0.15) is 45.4 Å². The molecule has 8 aliphatic rings. The van der Waals surface area contributed by atoms with Gasteiger partial charge in [0.1, 0.15) is 0 Å². The number of hydrogen-bond donors (Lipinski definition) is 0. The van der Waals surface area contributed by atoms with Crippen molar-refractivity contribution in [2.24, 2.45) is 69.5 Å². The summed E-state index contributed by atoms with van der Waals surface area (Å²) >= 11 is 0. The first kappa shape index (κ1) is 9.11. The van der Waals surface area contributed by atoms with Crippen LogP contribution in [-0.2, 0) is 0 Å². The second-order valence-corrected chi connectivity index (χ2v) is 10.5. The Bertz CT molecular complexity index is 579. The monoisotopic (exact) mass is 252 g/mol. The minimum Gasteiger partial charge on any atom is -0.0585 e. The SMILES string of the molecule is CC12C3CC4C5CC4(C3)C3C5C4C3C13CCC(C3)C42. The average molecular weight is 252 g/mol. The maximum Gasteiger partial charge on any atom is -0.0201 e. The van der Waals surface area contributed by atoms with Gasteiger partial charge in [0, 0.05) is 0 Å². The summed E-state index contributed by atoms with van der Waals surface area (Å²) in [6, 6.07) is 0. The molecule has 0 heteroatoms. The molecule has 0 aromatic heterocycles. The molecule has 2 spiro atoms. The number of hydrogen-bond acceptors (Lipinski definition) is 0. The van der Waals surface area contributed by atoms with E-state index in [1.807, 2.05) is 0 Å². The molecule has 8 fully saturated rings. The first-order valence-electron chi connectivity index (χ1n) is 9.22. The molecule has 0 amide bonds. The van der Waals surface area contributed by atoms with E-state index < -0.39 is 0 Å². The molecule has 0 aliphatic heterocycles. The molecule has 8 aliphatic carbocycles. The topological polar surface area (TPSA) is 0 Å². The van der Waals surface area contributed by atoms with Gasteiger partial charge in [-0.15, -0.1) is 0 Å². The molecule has 12 atom stereocenters. The van der Waals surface area contributed by atoms with Crippen LogP contribution in [0, 0.1) is 69.5 Å². The Kier molecular flexibility index (Phi) is 0.959. The van der Waals surface area contributed by atoms with Crippen molar-refractivity contribution in [1.29, 1.82) is 0 Å². The molecule has 0 nitrogen and oxygen atoms in total. The van der Waals surface area contributed by atoms with Crippen LogP contribution in [-0.4, -0.2) is 0 Å². The van der Waals surface area contributed by atoms with Crippen LogP contribution >= 0.6 is 0 Å². The second kappa shape index (κ2) is 2.00. The Hall–Kier alpha value is 0. The maximum absolute atomic E-state index is 2.83. The second-order valence-electron chi connectivity index (χ2n) is 10.5. The van der Waals surface area contributed by atoms with E-state index in [1.165, 1.54) is 53.3 Å². The van der Waals surface area contributed by atoms with Crippen LogP contribution in [0.2, 0.25) is 0 Å². The molecule has 0 radical (unpaired) electrons. The normalized spacial score (nSPS) is 89.2. The van der Waals surface area contributed by atoms with Gasteiger partial charge in [0.2, 0.25) is 0 Å². The summed E-state index contributed by atoms with van der Waals surface area (Å²) < 4.78 is 0. The fourth-order valence-corrected chi connectivity index (χ4v) is 11.9. The van der Waals surface area contributed by atoms with Gasteiger partial charge >= 0.3 is 0 Å². The third-order valence-electron chi connectivity index (χ3n) is 11.6. The number of rotatable bonds is 0. The molecule has 0 aromatic carbocycles. The van der Waals surface area contributed by atoms with E-state index in [0.717, 1.165) is 16.2 Å². The van der Waals surface area contributed by atoms with E-state index in [4.69, 9.17) is 0 Å². The third-order valence-corrected chi connectivity index (χ3v) is 11.6. The van der Waals surface area contributed by atoms with Crippen LogP contribution in [0.15, 0.2) is 0 Å². The minimum absolute atomic E-state index is 0.837. The Balaban J connectivity index is 1.54. The zero-order valence-corrected chi connectivity index (χ0v) is 11.9. The molecule has 8 rings (SSSR count). The molecular weight excluding hydrogens is 228 g/mol. The zero-order valence-electron chi connectivity index (χ0n) is 11.9. The summed E-state index contributed by atoms with van der Waals surface area (Å²) in [5.41, 5.74) is 2.68. The van der Waals surface area contributed by atoms with Crippen molar-refractivity contribution in [1.82, 2.24) is 0 Å². The first-order chi connectivity index (χ1) is 9.22. The maximum atomic E-state index is 2.83. The standard InChI is InChI=1S/C19H24/c1-17-9-4-11-10-7-18(11,6-9)15-12(10)13-14(17)8-2-3-19(17,5-8)16(13)15/h8-16H,2-7H2,1H3. The lowest BCUT2D eigenvalue weighted by Gasteiger charge is -2.57. The van der Waals surface area contributed by atoms with Gasteiger partial charge in [0.25, 0.3) is 0 Å². The van der Waals surface area contributed by atoms with E-state index in [9.17, 15) is 0 Å². The zero-order chi connectivity index (χ0) is 11.9.